The van der Waals surface area contributed by atoms with Crippen LogP contribution in [0, 0.1) is 0 Å². The quantitative estimate of drug-likeness (QED) is 0.787. The Morgan fingerprint density at radius 3 is 2.70 bits per heavy atom. The molecule has 1 unspecified atom stereocenters. The van der Waals surface area contributed by atoms with E-state index in [0.717, 1.165) is 4.31 Å². The number of amides is 1. The van der Waals surface area contributed by atoms with Gasteiger partial charge in [-0.25, -0.2) is 12.7 Å². The highest BCUT2D eigenvalue weighted by Gasteiger charge is 2.32. The molecule has 0 aromatic carbocycles. The summed E-state index contributed by atoms with van der Waals surface area (Å²) < 4.78 is 35.3. The number of aliphatic carboxylic acids is 1. The Morgan fingerprint density at radius 1 is 1.39 bits per heavy atom. The predicted octanol–water partition coefficient (Wildman–Crippen LogP) is -0.154. The smallest absolute Gasteiger partial charge is 0.305 e. The van der Waals surface area contributed by atoms with Crippen LogP contribution in [-0.2, 0) is 19.6 Å². The molecule has 1 aliphatic heterocycles. The molecule has 1 fully saturated rings. The molecule has 0 saturated carbocycles. The third kappa shape index (κ3) is 3.71. The van der Waals surface area contributed by atoms with Gasteiger partial charge in [-0.2, -0.15) is 0 Å². The van der Waals surface area contributed by atoms with Crippen LogP contribution in [0.5, 0.6) is 0 Å². The van der Waals surface area contributed by atoms with E-state index in [1.807, 2.05) is 0 Å². The second kappa shape index (κ2) is 6.69. The van der Waals surface area contributed by atoms with E-state index in [-0.39, 0.29) is 37.0 Å². The fraction of sp³-hybridized carbons (Fsp3) is 0.538. The molecule has 0 radical (unpaired) electrons. The minimum atomic E-state index is -3.78. The molecule has 1 aromatic rings. The lowest BCUT2D eigenvalue weighted by Gasteiger charge is -2.34. The molecule has 23 heavy (non-hydrogen) atoms. The first-order valence-corrected chi connectivity index (χ1v) is 8.30. The Hall–Kier alpha value is -1.91. The maximum Gasteiger partial charge on any atom is 0.305 e. The monoisotopic (exact) mass is 346 g/mol. The Morgan fingerprint density at radius 2 is 2.09 bits per heavy atom. The molecule has 9 nitrogen and oxygen atoms in total. The first kappa shape index (κ1) is 17.4. The van der Waals surface area contributed by atoms with Gasteiger partial charge >= 0.3 is 5.97 Å². The lowest BCUT2D eigenvalue weighted by Crippen LogP contribution is -2.49. The molecule has 128 valence electrons. The standard InChI is InChI=1S/C13H18N2O7S/c1-14(2)23(19,20)12-4-3-10(22-12)13(18)15-5-6-21-8-9(15)7-11(16)17/h3-4,9H,5-8H2,1-2H3,(H,16,17). The Labute approximate surface area is 133 Å². The van der Waals surface area contributed by atoms with Gasteiger partial charge in [0.15, 0.2) is 5.76 Å². The molecular weight excluding hydrogens is 328 g/mol. The summed E-state index contributed by atoms with van der Waals surface area (Å²) in [5.74, 6) is -1.75. The van der Waals surface area contributed by atoms with Crippen molar-refractivity contribution in [3.63, 3.8) is 0 Å². The van der Waals surface area contributed by atoms with Crippen molar-refractivity contribution < 1.29 is 32.3 Å². The average molecular weight is 346 g/mol. The van der Waals surface area contributed by atoms with Gasteiger partial charge in [-0.3, -0.25) is 9.59 Å². The number of sulfonamides is 1. The molecular formula is C13H18N2O7S. The molecule has 2 heterocycles. The number of hydrogen-bond donors (Lipinski definition) is 1. The zero-order valence-electron chi connectivity index (χ0n) is 12.8. The minimum Gasteiger partial charge on any atom is -0.481 e. The van der Waals surface area contributed by atoms with Gasteiger partial charge in [-0.1, -0.05) is 0 Å². The highest BCUT2D eigenvalue weighted by Crippen LogP contribution is 2.20. The molecule has 1 N–H and O–H groups in total. The number of morpholine rings is 1. The Bertz CT molecular complexity index is 695. The van der Waals surface area contributed by atoms with Crippen molar-refractivity contribution in [2.45, 2.75) is 17.6 Å². The number of carbonyl (C=O) groups excluding carboxylic acids is 1. The number of carboxylic acids is 1. The van der Waals surface area contributed by atoms with Crippen LogP contribution in [0.15, 0.2) is 21.6 Å². The second-order valence-corrected chi connectivity index (χ2v) is 7.31. The van der Waals surface area contributed by atoms with Crippen LogP contribution in [0.3, 0.4) is 0 Å². The summed E-state index contributed by atoms with van der Waals surface area (Å²) in [6.45, 7) is 0.611. The summed E-state index contributed by atoms with van der Waals surface area (Å²) in [6.07, 6.45) is -0.255. The topological polar surface area (TPSA) is 117 Å². The zero-order valence-corrected chi connectivity index (χ0v) is 13.6. The van der Waals surface area contributed by atoms with Crippen LogP contribution < -0.4 is 0 Å². The predicted molar refractivity (Wildman–Crippen MR) is 77.5 cm³/mol. The highest BCUT2D eigenvalue weighted by atomic mass is 32.2. The van der Waals surface area contributed by atoms with E-state index >= 15 is 0 Å². The molecule has 1 amide bonds. The summed E-state index contributed by atoms with van der Waals surface area (Å²) >= 11 is 0. The Kier molecular flexibility index (Phi) is 5.07. The first-order valence-electron chi connectivity index (χ1n) is 6.86. The van der Waals surface area contributed by atoms with E-state index in [9.17, 15) is 18.0 Å². The van der Waals surface area contributed by atoms with Crippen molar-refractivity contribution in [2.24, 2.45) is 0 Å². The van der Waals surface area contributed by atoms with E-state index in [1.54, 1.807) is 0 Å². The van der Waals surface area contributed by atoms with E-state index < -0.39 is 27.9 Å². The number of hydrogen-bond acceptors (Lipinski definition) is 6. The fourth-order valence-corrected chi connectivity index (χ4v) is 2.98. The maximum absolute atomic E-state index is 12.5. The van der Waals surface area contributed by atoms with E-state index in [2.05, 4.69) is 0 Å². The summed E-state index contributed by atoms with van der Waals surface area (Å²) in [4.78, 5) is 24.7. The van der Waals surface area contributed by atoms with E-state index in [1.165, 1.54) is 31.1 Å². The van der Waals surface area contributed by atoms with Gasteiger partial charge in [0.05, 0.1) is 25.7 Å². The van der Waals surface area contributed by atoms with Gasteiger partial charge in [-0.05, 0) is 12.1 Å². The molecule has 1 saturated heterocycles. The average Bonchev–Trinajstić information content (AvgIpc) is 2.96. The SMILES string of the molecule is CN(C)S(=O)(=O)c1ccc(C(=O)N2CCOCC2CC(=O)O)o1. The fourth-order valence-electron chi connectivity index (χ4n) is 2.19. The van der Waals surface area contributed by atoms with Crippen LogP contribution >= 0.6 is 0 Å². The van der Waals surface area contributed by atoms with Gasteiger partial charge in [0, 0.05) is 20.6 Å². The lowest BCUT2D eigenvalue weighted by molar-refractivity contribution is -0.139. The number of nitrogens with zero attached hydrogens (tertiary/aromatic N) is 2. The lowest BCUT2D eigenvalue weighted by atomic mass is 10.1. The third-order valence-corrected chi connectivity index (χ3v) is 5.12. The molecule has 1 aliphatic rings. The zero-order chi connectivity index (χ0) is 17.2. The van der Waals surface area contributed by atoms with Gasteiger partial charge in [0.25, 0.3) is 15.9 Å². The van der Waals surface area contributed by atoms with Crippen molar-refractivity contribution in [3.8, 4) is 0 Å². The second-order valence-electron chi connectivity index (χ2n) is 5.23. The summed E-state index contributed by atoms with van der Waals surface area (Å²) in [5.41, 5.74) is 0. The van der Waals surface area contributed by atoms with Crippen LogP contribution in [0.1, 0.15) is 17.0 Å². The summed E-state index contributed by atoms with van der Waals surface area (Å²) in [7, 11) is -1.07. The number of ether oxygens (including phenoxy) is 1. The van der Waals surface area contributed by atoms with Crippen LogP contribution in [0.4, 0.5) is 0 Å². The van der Waals surface area contributed by atoms with Crippen molar-refractivity contribution in [1.29, 1.82) is 0 Å². The van der Waals surface area contributed by atoms with Crippen molar-refractivity contribution >= 4 is 21.9 Å². The van der Waals surface area contributed by atoms with E-state index in [0.29, 0.717) is 0 Å². The molecule has 0 spiro atoms. The van der Waals surface area contributed by atoms with E-state index in [4.69, 9.17) is 14.3 Å². The van der Waals surface area contributed by atoms with Crippen molar-refractivity contribution in [3.05, 3.63) is 17.9 Å². The summed E-state index contributed by atoms with van der Waals surface area (Å²) in [6, 6.07) is 1.86. The number of rotatable bonds is 5. The van der Waals surface area contributed by atoms with Crippen LogP contribution in [0.25, 0.3) is 0 Å². The summed E-state index contributed by atoms with van der Waals surface area (Å²) in [5, 5.41) is 8.57. The van der Waals surface area contributed by atoms with Crippen molar-refractivity contribution in [2.75, 3.05) is 33.9 Å². The van der Waals surface area contributed by atoms with Gasteiger partial charge in [0.2, 0.25) is 5.09 Å². The molecule has 1 aromatic heterocycles. The van der Waals surface area contributed by atoms with Crippen LogP contribution in [0.2, 0.25) is 0 Å². The Balaban J connectivity index is 2.22. The van der Waals surface area contributed by atoms with Crippen molar-refractivity contribution in [1.82, 2.24) is 9.21 Å². The number of carboxylic acid groups (broad SMARTS) is 1. The largest absolute Gasteiger partial charge is 0.481 e. The minimum absolute atomic E-state index is 0.113. The molecule has 1 atom stereocenters. The number of furan rings is 1. The maximum atomic E-state index is 12.5. The normalized spacial score (nSPS) is 19.1. The number of carbonyl (C=O) groups is 2. The van der Waals surface area contributed by atoms with Crippen LogP contribution in [-0.4, -0.2) is 74.5 Å². The van der Waals surface area contributed by atoms with Gasteiger partial charge < -0.3 is 19.2 Å². The van der Waals surface area contributed by atoms with Gasteiger partial charge in [0.1, 0.15) is 0 Å². The molecule has 10 heteroatoms. The van der Waals surface area contributed by atoms with Gasteiger partial charge in [-0.15, -0.1) is 0 Å². The first-order chi connectivity index (χ1) is 10.7. The molecule has 0 bridgehead atoms. The highest BCUT2D eigenvalue weighted by molar-refractivity contribution is 7.88. The molecule has 2 rings (SSSR count). The molecule has 0 aliphatic carbocycles. The third-order valence-electron chi connectivity index (χ3n) is 3.43.